The summed E-state index contributed by atoms with van der Waals surface area (Å²) in [4.78, 5) is 7.56. The number of nitrogens with zero attached hydrogens (tertiary/aromatic N) is 3. The van der Waals surface area contributed by atoms with Crippen LogP contribution in [-0.2, 0) is 4.74 Å². The number of alkyl halides is 1. The average molecular weight is 312 g/mol. The van der Waals surface area contributed by atoms with Crippen molar-refractivity contribution in [3.8, 4) is 0 Å². The highest BCUT2D eigenvalue weighted by Crippen LogP contribution is 2.44. The number of aromatic nitrogens is 3. The Kier molecular flexibility index (Phi) is 3.08. The zero-order valence-electron chi connectivity index (χ0n) is 11.6. The zero-order chi connectivity index (χ0) is 16.2. The quantitative estimate of drug-likeness (QED) is 0.720. The number of fused-ring (bicyclic) bond motifs is 1. The molecule has 3 rings (SSSR count). The fourth-order valence-corrected chi connectivity index (χ4v) is 2.63. The maximum atomic E-state index is 14.9. The van der Waals surface area contributed by atoms with E-state index >= 15 is 0 Å². The first kappa shape index (κ1) is 14.7. The van der Waals surface area contributed by atoms with E-state index in [1.165, 1.54) is 0 Å². The van der Waals surface area contributed by atoms with E-state index in [9.17, 15) is 19.0 Å². The first-order valence-corrected chi connectivity index (χ1v) is 6.42. The van der Waals surface area contributed by atoms with Crippen LogP contribution >= 0.6 is 0 Å². The number of rotatable bonds is 2. The van der Waals surface area contributed by atoms with Gasteiger partial charge in [-0.3, -0.25) is 4.57 Å². The van der Waals surface area contributed by atoms with Crippen molar-refractivity contribution < 1.29 is 23.7 Å². The Morgan fingerprint density at radius 2 is 2.23 bits per heavy atom. The molecule has 0 spiro atoms. The summed E-state index contributed by atoms with van der Waals surface area (Å²) in [5, 5.41) is 19.3. The van der Waals surface area contributed by atoms with E-state index in [4.69, 9.17) is 10.5 Å². The van der Waals surface area contributed by atoms with Crippen molar-refractivity contribution >= 4 is 16.9 Å². The molecule has 0 bridgehead atoms. The third-order valence-corrected chi connectivity index (χ3v) is 3.80. The molecule has 9 heteroatoms. The third kappa shape index (κ3) is 1.86. The van der Waals surface area contributed by atoms with Crippen LogP contribution in [0.25, 0.3) is 11.0 Å². The summed E-state index contributed by atoms with van der Waals surface area (Å²) < 4.78 is 35.3. The van der Waals surface area contributed by atoms with E-state index in [0.717, 1.165) is 24.0 Å². The Bertz CT molecular complexity index is 761. The molecular formula is C13H14F2N4O3. The summed E-state index contributed by atoms with van der Waals surface area (Å²) in [5.41, 5.74) is 3.31. The Balaban J connectivity index is 2.16. The molecule has 0 unspecified atom stereocenters. The highest BCUT2D eigenvalue weighted by atomic mass is 19.1. The van der Waals surface area contributed by atoms with Crippen LogP contribution in [0.3, 0.4) is 0 Å². The molecule has 2 aromatic rings. The average Bonchev–Trinajstić information content (AvgIpc) is 2.87. The van der Waals surface area contributed by atoms with Gasteiger partial charge in [0.2, 0.25) is 0 Å². The number of aliphatic hydroxyl groups is 2. The number of nitrogen functional groups attached to an aromatic ring is 1. The lowest BCUT2D eigenvalue weighted by Gasteiger charge is -2.24. The van der Waals surface area contributed by atoms with E-state index < -0.39 is 35.7 Å². The normalized spacial score (nSPS) is 31.7. The zero-order valence-corrected chi connectivity index (χ0v) is 11.6. The summed E-state index contributed by atoms with van der Waals surface area (Å²) in [5.74, 6) is -1.36. The maximum Gasteiger partial charge on any atom is 0.181 e. The van der Waals surface area contributed by atoms with Crippen LogP contribution < -0.4 is 5.73 Å². The van der Waals surface area contributed by atoms with Gasteiger partial charge >= 0.3 is 0 Å². The summed E-state index contributed by atoms with van der Waals surface area (Å²) in [6.45, 7) is 4.32. The summed E-state index contributed by atoms with van der Waals surface area (Å²) in [6, 6.07) is 0. The molecule has 1 fully saturated rings. The maximum absolute atomic E-state index is 14.9. The number of halogens is 2. The molecule has 0 saturated carbocycles. The largest absolute Gasteiger partial charge is 0.510 e. The van der Waals surface area contributed by atoms with Crippen LogP contribution in [0.4, 0.5) is 14.6 Å². The predicted molar refractivity (Wildman–Crippen MR) is 73.1 cm³/mol. The van der Waals surface area contributed by atoms with Crippen LogP contribution in [0.5, 0.6) is 0 Å². The minimum Gasteiger partial charge on any atom is -0.510 e. The standard InChI is InChI=1S/C13H14F2N4O3/c1-5(20)8-9(21)13(2,15)12(22-8)19-3-6(14)7-10(16)17-4-18-11(7)19/h3-4,8-9,12,20-21H,1H2,2H3,(H2,16,17,18)/t8-,9-,12-,13-/m1/s1. The van der Waals surface area contributed by atoms with Crippen molar-refractivity contribution in [3.63, 3.8) is 0 Å². The Labute approximate surface area is 123 Å². The molecule has 1 saturated heterocycles. The van der Waals surface area contributed by atoms with Gasteiger partial charge in [0.1, 0.15) is 30.1 Å². The molecule has 7 nitrogen and oxygen atoms in total. The number of ether oxygens (including phenoxy) is 1. The molecule has 118 valence electrons. The van der Waals surface area contributed by atoms with Gasteiger partial charge in [-0.2, -0.15) is 0 Å². The van der Waals surface area contributed by atoms with Crippen molar-refractivity contribution in [1.29, 1.82) is 0 Å². The van der Waals surface area contributed by atoms with Crippen LogP contribution in [0.2, 0.25) is 0 Å². The van der Waals surface area contributed by atoms with Gasteiger partial charge in [0.25, 0.3) is 0 Å². The highest BCUT2D eigenvalue weighted by molar-refractivity contribution is 5.86. The number of nitrogens with two attached hydrogens (primary N) is 1. The van der Waals surface area contributed by atoms with Crippen LogP contribution in [0.15, 0.2) is 24.9 Å². The van der Waals surface area contributed by atoms with Crippen LogP contribution in [-0.4, -0.2) is 42.6 Å². The monoisotopic (exact) mass is 312 g/mol. The van der Waals surface area contributed by atoms with Gasteiger partial charge in [-0.1, -0.05) is 6.58 Å². The molecule has 3 heterocycles. The fraction of sp³-hybridized carbons (Fsp3) is 0.385. The summed E-state index contributed by atoms with van der Waals surface area (Å²) >= 11 is 0. The first-order valence-electron chi connectivity index (χ1n) is 6.42. The topological polar surface area (TPSA) is 106 Å². The van der Waals surface area contributed by atoms with Gasteiger partial charge in [-0.25, -0.2) is 18.7 Å². The first-order chi connectivity index (χ1) is 10.2. The molecule has 2 aromatic heterocycles. The van der Waals surface area contributed by atoms with Crippen molar-refractivity contribution in [3.05, 3.63) is 30.7 Å². The van der Waals surface area contributed by atoms with Gasteiger partial charge < -0.3 is 20.7 Å². The molecule has 1 aliphatic rings. The fourth-order valence-electron chi connectivity index (χ4n) is 2.63. The smallest absolute Gasteiger partial charge is 0.181 e. The van der Waals surface area contributed by atoms with E-state index in [0.29, 0.717) is 0 Å². The molecule has 0 amide bonds. The lowest BCUT2D eigenvalue weighted by atomic mass is 9.98. The number of hydrogen-bond donors (Lipinski definition) is 3. The molecule has 0 aliphatic carbocycles. The van der Waals surface area contributed by atoms with Crippen molar-refractivity contribution in [2.24, 2.45) is 0 Å². The minimum absolute atomic E-state index is 0.0234. The molecule has 1 aliphatic heterocycles. The van der Waals surface area contributed by atoms with Gasteiger partial charge in [-0.05, 0) is 6.92 Å². The molecular weight excluding hydrogens is 298 g/mol. The van der Waals surface area contributed by atoms with E-state index in [1.54, 1.807) is 0 Å². The van der Waals surface area contributed by atoms with Crippen molar-refractivity contribution in [2.75, 3.05) is 5.73 Å². The third-order valence-electron chi connectivity index (χ3n) is 3.80. The lowest BCUT2D eigenvalue weighted by molar-refractivity contribution is -0.0445. The predicted octanol–water partition coefficient (Wildman–Crippen LogP) is 1.21. The molecule has 0 aromatic carbocycles. The van der Waals surface area contributed by atoms with Crippen LogP contribution in [0, 0.1) is 5.82 Å². The Morgan fingerprint density at radius 3 is 2.82 bits per heavy atom. The van der Waals surface area contributed by atoms with E-state index in [2.05, 4.69) is 16.5 Å². The lowest BCUT2D eigenvalue weighted by Crippen LogP contribution is -2.40. The van der Waals surface area contributed by atoms with Crippen molar-refractivity contribution in [2.45, 2.75) is 31.0 Å². The highest BCUT2D eigenvalue weighted by Gasteiger charge is 2.56. The second-order valence-electron chi connectivity index (χ2n) is 5.34. The van der Waals surface area contributed by atoms with Gasteiger partial charge in [0, 0.05) is 6.20 Å². The minimum atomic E-state index is -2.31. The molecule has 22 heavy (non-hydrogen) atoms. The molecule has 4 N–H and O–H groups in total. The van der Waals surface area contributed by atoms with E-state index in [1.807, 2.05) is 0 Å². The van der Waals surface area contributed by atoms with E-state index in [-0.39, 0.29) is 16.9 Å². The number of hydrogen-bond acceptors (Lipinski definition) is 6. The van der Waals surface area contributed by atoms with Gasteiger partial charge in [-0.15, -0.1) is 0 Å². The Morgan fingerprint density at radius 1 is 1.55 bits per heavy atom. The van der Waals surface area contributed by atoms with Crippen LogP contribution in [0.1, 0.15) is 13.2 Å². The number of anilines is 1. The number of aliphatic hydroxyl groups excluding tert-OH is 2. The Hall–Kier alpha value is -2.26. The van der Waals surface area contributed by atoms with Crippen molar-refractivity contribution in [1.82, 2.24) is 14.5 Å². The molecule has 0 radical (unpaired) electrons. The molecule has 4 atom stereocenters. The second kappa shape index (κ2) is 4.62. The SMILES string of the molecule is C=C(O)[C@H]1O[C@@H](n2cc(F)c3c(N)ncnc32)[C@](C)(F)[C@@H]1O. The van der Waals surface area contributed by atoms with Gasteiger partial charge in [0.05, 0.1) is 5.39 Å². The summed E-state index contributed by atoms with van der Waals surface area (Å²) in [6.07, 6.45) is -2.35. The second-order valence-corrected chi connectivity index (χ2v) is 5.34. The summed E-state index contributed by atoms with van der Waals surface area (Å²) in [7, 11) is 0. The van der Waals surface area contributed by atoms with Gasteiger partial charge in [0.15, 0.2) is 23.4 Å².